The zero-order valence-corrected chi connectivity index (χ0v) is 10.9. The van der Waals surface area contributed by atoms with Gasteiger partial charge in [0.15, 0.2) is 5.34 Å². The van der Waals surface area contributed by atoms with Gasteiger partial charge in [-0.15, -0.1) is 4.91 Å². The number of hydrogen-bond donors (Lipinski definition) is 1. The third-order valence-electron chi connectivity index (χ3n) is 2.38. The van der Waals surface area contributed by atoms with Gasteiger partial charge in [0.1, 0.15) is 12.4 Å². The van der Waals surface area contributed by atoms with Gasteiger partial charge in [-0.1, -0.05) is 0 Å². The number of carbonyl (C=O) groups is 1. The smallest absolute Gasteiger partial charge is 0.221 e. The van der Waals surface area contributed by atoms with Crippen molar-refractivity contribution < 1.29 is 14.4 Å². The third kappa shape index (κ3) is 7.03. The molecule has 1 aromatic rings. The first-order chi connectivity index (χ1) is 9.22. The molecule has 1 rings (SSSR count). The van der Waals surface area contributed by atoms with E-state index >= 15 is 0 Å². The molecule has 0 aliphatic rings. The largest absolute Gasteiger partial charge is 0.494 e. The Morgan fingerprint density at radius 2 is 1.84 bits per heavy atom. The molecule has 0 aliphatic heterocycles. The van der Waals surface area contributed by atoms with Crippen molar-refractivity contribution >= 4 is 11.6 Å². The Bertz CT molecular complexity index is 392. The minimum atomic E-state index is -0.0966. The van der Waals surface area contributed by atoms with E-state index in [1.165, 1.54) is 6.92 Å². The molecule has 1 aromatic carbocycles. The second kappa shape index (κ2) is 8.91. The number of benzene rings is 1. The molecular weight excluding hydrogens is 248 g/mol. The van der Waals surface area contributed by atoms with E-state index < -0.39 is 0 Å². The van der Waals surface area contributed by atoms with Gasteiger partial charge in [-0.2, -0.15) is 0 Å². The Kier molecular flexibility index (Phi) is 7.01. The minimum absolute atomic E-state index is 0.0966. The average Bonchev–Trinajstić information content (AvgIpc) is 2.39. The van der Waals surface area contributed by atoms with Gasteiger partial charge in [-0.25, -0.2) is 0 Å². The molecule has 6 heteroatoms. The summed E-state index contributed by atoms with van der Waals surface area (Å²) in [6.45, 7) is 2.43. The molecule has 6 nitrogen and oxygen atoms in total. The van der Waals surface area contributed by atoms with Crippen LogP contribution in [0.5, 0.6) is 5.75 Å². The van der Waals surface area contributed by atoms with Crippen molar-refractivity contribution in [3.63, 3.8) is 0 Å². The lowest BCUT2D eigenvalue weighted by atomic mass is 10.2. The maximum Gasteiger partial charge on any atom is 0.221 e. The average molecular weight is 266 g/mol. The molecule has 0 radical (unpaired) electrons. The summed E-state index contributed by atoms with van der Waals surface area (Å²) in [5, 5.41) is 5.00. The summed E-state index contributed by atoms with van der Waals surface area (Å²) in [5.74, 6) is 0.667. The van der Waals surface area contributed by atoms with Crippen molar-refractivity contribution in [2.24, 2.45) is 5.34 Å². The van der Waals surface area contributed by atoms with E-state index in [1.807, 2.05) is 12.1 Å². The van der Waals surface area contributed by atoms with Crippen LogP contribution in [-0.4, -0.2) is 19.1 Å². The van der Waals surface area contributed by atoms with E-state index in [9.17, 15) is 9.70 Å². The molecule has 0 aromatic heterocycles. The summed E-state index contributed by atoms with van der Waals surface area (Å²) in [5.41, 5.74) is 0.748. The summed E-state index contributed by atoms with van der Waals surface area (Å²) in [4.78, 5) is 24.8. The molecule has 104 valence electrons. The number of amides is 1. The van der Waals surface area contributed by atoms with Gasteiger partial charge < -0.3 is 14.9 Å². The monoisotopic (exact) mass is 266 g/mol. The van der Waals surface area contributed by atoms with Crippen molar-refractivity contribution in [1.29, 1.82) is 0 Å². The topological polar surface area (TPSA) is 77.0 Å². The van der Waals surface area contributed by atoms with Gasteiger partial charge in [-0.3, -0.25) is 4.79 Å². The molecule has 19 heavy (non-hydrogen) atoms. The summed E-state index contributed by atoms with van der Waals surface area (Å²) >= 11 is 0. The molecule has 0 saturated heterocycles. The van der Waals surface area contributed by atoms with Gasteiger partial charge >= 0.3 is 0 Å². The van der Waals surface area contributed by atoms with E-state index in [-0.39, 0.29) is 5.91 Å². The van der Waals surface area contributed by atoms with E-state index in [0.29, 0.717) is 13.2 Å². The van der Waals surface area contributed by atoms with Gasteiger partial charge in [0.05, 0.1) is 6.61 Å². The summed E-state index contributed by atoms with van der Waals surface area (Å²) < 4.78 is 5.53. The first-order valence-electron chi connectivity index (χ1n) is 6.17. The lowest BCUT2D eigenvalue weighted by Gasteiger charge is -2.07. The zero-order valence-electron chi connectivity index (χ0n) is 10.9. The number of nitrogens with zero attached hydrogens (tertiary/aromatic N) is 1. The van der Waals surface area contributed by atoms with Crippen molar-refractivity contribution in [2.75, 3.05) is 18.5 Å². The van der Waals surface area contributed by atoms with Crippen LogP contribution in [0, 0.1) is 4.91 Å². The maximum absolute atomic E-state index is 10.8. The molecule has 0 saturated carbocycles. The van der Waals surface area contributed by atoms with Crippen molar-refractivity contribution in [3.8, 4) is 5.75 Å². The highest BCUT2D eigenvalue weighted by atomic mass is 16.7. The lowest BCUT2D eigenvalue weighted by Crippen LogP contribution is -2.05. The van der Waals surface area contributed by atoms with Crippen LogP contribution in [0.25, 0.3) is 0 Å². The number of anilines is 1. The Balaban J connectivity index is 2.15. The number of ether oxygens (including phenoxy) is 1. The molecule has 0 bridgehead atoms. The number of hydrogen-bond acceptors (Lipinski definition) is 5. The Morgan fingerprint density at radius 1 is 1.16 bits per heavy atom. The van der Waals surface area contributed by atoms with Crippen LogP contribution in [-0.2, 0) is 9.63 Å². The standard InChI is InChI=1S/C13H18N2O4/c1-11(16)14-12-5-7-13(8-6-12)18-9-3-2-4-10-19-15-17/h5-8H,2-4,9-10H2,1H3,(H,14,16). The van der Waals surface area contributed by atoms with Crippen molar-refractivity contribution in [1.82, 2.24) is 0 Å². The first-order valence-corrected chi connectivity index (χ1v) is 6.17. The van der Waals surface area contributed by atoms with Crippen LogP contribution in [0.3, 0.4) is 0 Å². The Morgan fingerprint density at radius 3 is 2.47 bits per heavy atom. The second-order valence-corrected chi connectivity index (χ2v) is 4.02. The highest BCUT2D eigenvalue weighted by Gasteiger charge is 1.97. The van der Waals surface area contributed by atoms with Gasteiger partial charge in [-0.05, 0) is 43.5 Å². The maximum atomic E-state index is 10.8. The summed E-state index contributed by atoms with van der Waals surface area (Å²) in [7, 11) is 0. The second-order valence-electron chi connectivity index (χ2n) is 4.02. The normalized spacial score (nSPS) is 9.74. The predicted molar refractivity (Wildman–Crippen MR) is 71.8 cm³/mol. The van der Waals surface area contributed by atoms with E-state index in [4.69, 9.17) is 4.74 Å². The van der Waals surface area contributed by atoms with Crippen LogP contribution < -0.4 is 10.1 Å². The Hall–Kier alpha value is -2.11. The molecular formula is C13H18N2O4. The van der Waals surface area contributed by atoms with Crippen LogP contribution in [0.1, 0.15) is 26.2 Å². The van der Waals surface area contributed by atoms with Gasteiger partial charge in [0, 0.05) is 12.6 Å². The van der Waals surface area contributed by atoms with Crippen molar-refractivity contribution in [2.45, 2.75) is 26.2 Å². The Labute approximate surface area is 112 Å². The van der Waals surface area contributed by atoms with Crippen LogP contribution in [0.4, 0.5) is 5.69 Å². The fraction of sp³-hybridized carbons (Fsp3) is 0.462. The first kappa shape index (κ1) is 14.9. The zero-order chi connectivity index (χ0) is 13.9. The molecule has 0 fully saturated rings. The predicted octanol–water partition coefficient (Wildman–Crippen LogP) is 2.89. The molecule has 0 spiro atoms. The molecule has 0 heterocycles. The van der Waals surface area contributed by atoms with Crippen LogP contribution in [0.15, 0.2) is 29.6 Å². The van der Waals surface area contributed by atoms with E-state index in [2.05, 4.69) is 15.5 Å². The SMILES string of the molecule is CC(=O)Nc1ccc(OCCCCCON=O)cc1. The minimum Gasteiger partial charge on any atom is -0.494 e. The highest BCUT2D eigenvalue weighted by molar-refractivity contribution is 5.88. The molecule has 1 N–H and O–H groups in total. The molecule has 0 unspecified atom stereocenters. The van der Waals surface area contributed by atoms with E-state index in [1.54, 1.807) is 12.1 Å². The fourth-order valence-corrected chi connectivity index (χ4v) is 1.51. The van der Waals surface area contributed by atoms with Crippen molar-refractivity contribution in [3.05, 3.63) is 29.2 Å². The lowest BCUT2D eigenvalue weighted by molar-refractivity contribution is -0.114. The number of unbranched alkanes of at least 4 members (excludes halogenated alkanes) is 2. The molecule has 1 amide bonds. The van der Waals surface area contributed by atoms with Gasteiger partial charge in [0.25, 0.3) is 0 Å². The molecule has 0 aliphatic carbocycles. The van der Waals surface area contributed by atoms with Crippen LogP contribution in [0.2, 0.25) is 0 Å². The van der Waals surface area contributed by atoms with Crippen LogP contribution >= 0.6 is 0 Å². The highest BCUT2D eigenvalue weighted by Crippen LogP contribution is 2.16. The third-order valence-corrected chi connectivity index (χ3v) is 2.38. The number of carbonyl (C=O) groups excluding carboxylic acids is 1. The quantitative estimate of drug-likeness (QED) is 0.423. The fourth-order valence-electron chi connectivity index (χ4n) is 1.51. The number of rotatable bonds is 9. The van der Waals surface area contributed by atoms with Gasteiger partial charge in [0.2, 0.25) is 5.91 Å². The summed E-state index contributed by atoms with van der Waals surface area (Å²) in [6, 6.07) is 7.20. The summed E-state index contributed by atoms with van der Waals surface area (Å²) in [6.07, 6.45) is 2.59. The number of nitrogens with one attached hydrogen (secondary N) is 1. The van der Waals surface area contributed by atoms with E-state index in [0.717, 1.165) is 30.7 Å². The molecule has 0 atom stereocenters.